The fourth-order valence-corrected chi connectivity index (χ4v) is 2.88. The van der Waals surface area contributed by atoms with Gasteiger partial charge in [-0.1, -0.05) is 12.1 Å². The second kappa shape index (κ2) is 8.03. The molecule has 0 aliphatic carbocycles. The number of aryl methyl sites for hydroxylation is 1. The van der Waals surface area contributed by atoms with Crippen molar-refractivity contribution >= 4 is 11.0 Å². The highest BCUT2D eigenvalue weighted by Crippen LogP contribution is 2.21. The summed E-state index contributed by atoms with van der Waals surface area (Å²) in [6.45, 7) is 3.22. The summed E-state index contributed by atoms with van der Waals surface area (Å²) in [5.41, 5.74) is 1.99. The van der Waals surface area contributed by atoms with E-state index in [4.69, 9.17) is 9.47 Å². The molecule has 1 aromatic heterocycles. The van der Waals surface area contributed by atoms with Gasteiger partial charge in [0.25, 0.3) is 0 Å². The van der Waals surface area contributed by atoms with Gasteiger partial charge in [0.15, 0.2) is 0 Å². The van der Waals surface area contributed by atoms with Crippen LogP contribution in [0.5, 0.6) is 11.5 Å². The number of para-hydroxylation sites is 2. The first-order valence-corrected chi connectivity index (χ1v) is 8.59. The lowest BCUT2D eigenvalue weighted by Crippen LogP contribution is -2.08. The number of nitrogens with zero attached hydrogens (tertiary/aromatic N) is 2. The number of ether oxygens (including phenoxy) is 2. The maximum Gasteiger partial charge on any atom is 0.138 e. The van der Waals surface area contributed by atoms with Crippen LogP contribution in [-0.4, -0.2) is 28.4 Å². The second-order valence-corrected chi connectivity index (χ2v) is 6.02. The summed E-state index contributed by atoms with van der Waals surface area (Å²) >= 11 is 0. The molecule has 0 bridgehead atoms. The highest BCUT2D eigenvalue weighted by Gasteiger charge is 2.13. The van der Waals surface area contributed by atoms with Gasteiger partial charge in [0, 0.05) is 6.54 Å². The van der Waals surface area contributed by atoms with Crippen LogP contribution in [0.3, 0.4) is 0 Å². The fourth-order valence-electron chi connectivity index (χ4n) is 2.88. The predicted molar refractivity (Wildman–Crippen MR) is 98.1 cm³/mol. The van der Waals surface area contributed by atoms with Crippen LogP contribution >= 0.6 is 0 Å². The summed E-state index contributed by atoms with van der Waals surface area (Å²) < 4.78 is 13.0. The van der Waals surface area contributed by atoms with Crippen LogP contribution < -0.4 is 9.47 Å². The molecule has 0 spiro atoms. The van der Waals surface area contributed by atoms with Gasteiger partial charge in [-0.05, 0) is 56.2 Å². The SMILES string of the molecule is COc1ccc(OCCCCn2c([C@@H](C)O)nc3ccccc32)cc1. The highest BCUT2D eigenvalue weighted by molar-refractivity contribution is 5.75. The maximum absolute atomic E-state index is 9.98. The van der Waals surface area contributed by atoms with Gasteiger partial charge in [-0.25, -0.2) is 4.98 Å². The molecule has 3 rings (SSSR count). The summed E-state index contributed by atoms with van der Waals surface area (Å²) in [6.07, 6.45) is 1.30. The molecule has 0 aliphatic heterocycles. The molecule has 1 atom stereocenters. The summed E-state index contributed by atoms with van der Waals surface area (Å²) in [7, 11) is 1.65. The van der Waals surface area contributed by atoms with E-state index in [1.165, 1.54) is 0 Å². The Morgan fingerprint density at radius 2 is 1.76 bits per heavy atom. The Hall–Kier alpha value is -2.53. The lowest BCUT2D eigenvalue weighted by Gasteiger charge is -2.11. The van der Waals surface area contributed by atoms with Crippen LogP contribution in [0.1, 0.15) is 31.7 Å². The number of hydrogen-bond donors (Lipinski definition) is 1. The molecular weight excluding hydrogens is 316 g/mol. The number of hydrogen-bond acceptors (Lipinski definition) is 4. The fraction of sp³-hybridized carbons (Fsp3) is 0.350. The van der Waals surface area contributed by atoms with Gasteiger partial charge < -0.3 is 19.1 Å². The van der Waals surface area contributed by atoms with Crippen molar-refractivity contribution < 1.29 is 14.6 Å². The van der Waals surface area contributed by atoms with Crippen LogP contribution in [0.2, 0.25) is 0 Å². The first-order valence-electron chi connectivity index (χ1n) is 8.59. The van der Waals surface area contributed by atoms with E-state index in [1.54, 1.807) is 14.0 Å². The molecule has 0 fully saturated rings. The van der Waals surface area contributed by atoms with E-state index >= 15 is 0 Å². The zero-order chi connectivity index (χ0) is 17.6. The van der Waals surface area contributed by atoms with Gasteiger partial charge in [-0.15, -0.1) is 0 Å². The third kappa shape index (κ3) is 4.12. The minimum Gasteiger partial charge on any atom is -0.497 e. The lowest BCUT2D eigenvalue weighted by molar-refractivity contribution is 0.184. The average Bonchev–Trinajstić information content (AvgIpc) is 3.01. The molecule has 3 aromatic rings. The lowest BCUT2D eigenvalue weighted by atomic mass is 10.2. The van der Waals surface area contributed by atoms with Gasteiger partial charge in [0.2, 0.25) is 0 Å². The van der Waals surface area contributed by atoms with Crippen molar-refractivity contribution in [3.63, 3.8) is 0 Å². The average molecular weight is 340 g/mol. The maximum atomic E-state index is 9.98. The topological polar surface area (TPSA) is 56.5 Å². The molecule has 5 nitrogen and oxygen atoms in total. The van der Waals surface area contributed by atoms with Crippen LogP contribution in [0.25, 0.3) is 11.0 Å². The summed E-state index contributed by atoms with van der Waals surface area (Å²) in [4.78, 5) is 4.54. The van der Waals surface area contributed by atoms with Gasteiger partial charge in [0.05, 0.1) is 24.8 Å². The number of rotatable bonds is 8. The molecule has 1 heterocycles. The zero-order valence-electron chi connectivity index (χ0n) is 14.7. The van der Waals surface area contributed by atoms with Crippen LogP contribution in [0.15, 0.2) is 48.5 Å². The number of aliphatic hydroxyl groups excluding tert-OH is 1. The minimum absolute atomic E-state index is 0.581. The second-order valence-electron chi connectivity index (χ2n) is 6.02. The molecule has 1 N–H and O–H groups in total. The number of unbranched alkanes of at least 4 members (excludes halogenated alkanes) is 1. The van der Waals surface area contributed by atoms with Crippen molar-refractivity contribution in [1.29, 1.82) is 0 Å². The number of imidazole rings is 1. The van der Waals surface area contributed by atoms with Crippen molar-refractivity contribution in [3.05, 3.63) is 54.4 Å². The molecule has 0 aliphatic rings. The number of benzene rings is 2. The van der Waals surface area contributed by atoms with Gasteiger partial charge >= 0.3 is 0 Å². The van der Waals surface area contributed by atoms with Crippen LogP contribution in [0.4, 0.5) is 0 Å². The monoisotopic (exact) mass is 340 g/mol. The molecule has 2 aromatic carbocycles. The van der Waals surface area contributed by atoms with E-state index < -0.39 is 6.10 Å². The van der Waals surface area contributed by atoms with Crippen LogP contribution in [0, 0.1) is 0 Å². The van der Waals surface area contributed by atoms with E-state index in [1.807, 2.05) is 48.5 Å². The van der Waals surface area contributed by atoms with Crippen molar-refractivity contribution in [1.82, 2.24) is 9.55 Å². The quantitative estimate of drug-likeness (QED) is 0.631. The van der Waals surface area contributed by atoms with Crippen molar-refractivity contribution in [2.75, 3.05) is 13.7 Å². The summed E-state index contributed by atoms with van der Waals surface area (Å²) in [6, 6.07) is 15.6. The van der Waals surface area contributed by atoms with Crippen molar-refractivity contribution in [3.8, 4) is 11.5 Å². The molecule has 0 amide bonds. The van der Waals surface area contributed by atoms with E-state index in [9.17, 15) is 5.11 Å². The Labute approximate surface area is 147 Å². The third-order valence-electron chi connectivity index (χ3n) is 4.16. The molecule has 25 heavy (non-hydrogen) atoms. The Kier molecular flexibility index (Phi) is 5.56. The number of fused-ring (bicyclic) bond motifs is 1. The van der Waals surface area contributed by atoms with Crippen molar-refractivity contribution in [2.24, 2.45) is 0 Å². The summed E-state index contributed by atoms with van der Waals surface area (Å²) in [5.74, 6) is 2.39. The smallest absolute Gasteiger partial charge is 0.138 e. The van der Waals surface area contributed by atoms with Gasteiger partial charge in [-0.3, -0.25) is 0 Å². The molecule has 5 heteroatoms. The normalized spacial score (nSPS) is 12.3. The Morgan fingerprint density at radius 3 is 2.48 bits per heavy atom. The molecular formula is C20H24N2O3. The number of aromatic nitrogens is 2. The van der Waals surface area contributed by atoms with Gasteiger partial charge in [-0.2, -0.15) is 0 Å². The first-order chi connectivity index (χ1) is 12.2. The Balaban J connectivity index is 1.55. The minimum atomic E-state index is -0.581. The van der Waals surface area contributed by atoms with E-state index in [0.29, 0.717) is 6.61 Å². The molecule has 0 saturated heterocycles. The third-order valence-corrected chi connectivity index (χ3v) is 4.16. The van der Waals surface area contributed by atoms with Crippen LogP contribution in [-0.2, 0) is 6.54 Å². The van der Waals surface area contributed by atoms with E-state index in [-0.39, 0.29) is 0 Å². The van der Waals surface area contributed by atoms with E-state index in [0.717, 1.165) is 47.7 Å². The van der Waals surface area contributed by atoms with Gasteiger partial charge in [0.1, 0.15) is 23.4 Å². The molecule has 0 saturated carbocycles. The number of aliphatic hydroxyl groups is 1. The van der Waals surface area contributed by atoms with E-state index in [2.05, 4.69) is 9.55 Å². The largest absolute Gasteiger partial charge is 0.497 e. The van der Waals surface area contributed by atoms with Crippen molar-refractivity contribution in [2.45, 2.75) is 32.4 Å². The highest BCUT2D eigenvalue weighted by atomic mass is 16.5. The number of methoxy groups -OCH3 is 1. The standard InChI is InChI=1S/C20H24N2O3/c1-15(23)20-21-18-7-3-4-8-19(18)22(20)13-5-6-14-25-17-11-9-16(24-2)10-12-17/h3-4,7-12,15,23H,5-6,13-14H2,1-2H3/t15-/m1/s1. The first kappa shape index (κ1) is 17.3. The predicted octanol–water partition coefficient (Wildman–Crippen LogP) is 3.96. The molecule has 132 valence electrons. The zero-order valence-corrected chi connectivity index (χ0v) is 14.7. The molecule has 0 unspecified atom stereocenters. The summed E-state index contributed by atoms with van der Waals surface area (Å²) in [5, 5.41) is 9.98. The Bertz CT molecular complexity index is 809. The Morgan fingerprint density at radius 1 is 1.04 bits per heavy atom. The molecule has 0 radical (unpaired) electrons.